The first kappa shape index (κ1) is 30.9. The van der Waals surface area contributed by atoms with Crippen LogP contribution in [-0.2, 0) is 9.47 Å². The third kappa shape index (κ3) is 5.73. The van der Waals surface area contributed by atoms with Crippen LogP contribution in [0, 0.1) is 0 Å². The van der Waals surface area contributed by atoms with Gasteiger partial charge in [-0.15, -0.1) is 0 Å². The highest BCUT2D eigenvalue weighted by Gasteiger charge is 2.46. The lowest BCUT2D eigenvalue weighted by molar-refractivity contribution is -0.277. The molecule has 3 aromatic rings. The maximum Gasteiger partial charge on any atom is 0.239 e. The molecule has 43 heavy (non-hydrogen) atoms. The summed E-state index contributed by atoms with van der Waals surface area (Å²) in [4.78, 5) is 13.6. The number of aromatic hydroxyl groups is 2. The Balaban J connectivity index is 1.51. The van der Waals surface area contributed by atoms with E-state index in [1.165, 1.54) is 24.3 Å². The summed E-state index contributed by atoms with van der Waals surface area (Å²) in [6, 6.07) is 7.38. The summed E-state index contributed by atoms with van der Waals surface area (Å²) in [7, 11) is 0. The molecule has 1 aromatic heterocycles. The summed E-state index contributed by atoms with van der Waals surface area (Å²) in [5.41, 5.74) is -1.07. The number of ether oxygens (including phenoxy) is 4. The maximum atomic E-state index is 13.6. The van der Waals surface area contributed by atoms with E-state index in [-0.39, 0.29) is 22.7 Å². The van der Waals surface area contributed by atoms with Crippen molar-refractivity contribution in [3.63, 3.8) is 0 Å². The number of aliphatic hydroxyl groups is 8. The van der Waals surface area contributed by atoms with E-state index in [2.05, 4.69) is 0 Å². The molecule has 0 amide bonds. The molecule has 2 aliphatic rings. The second kappa shape index (κ2) is 12.2. The largest absolute Gasteiger partial charge is 0.508 e. The molecule has 0 bridgehead atoms. The third-order valence-electron chi connectivity index (χ3n) is 7.22. The first-order chi connectivity index (χ1) is 20.4. The van der Waals surface area contributed by atoms with Crippen molar-refractivity contribution in [3.05, 3.63) is 46.6 Å². The monoisotopic (exact) mass is 610 g/mol. The molecule has 2 aromatic carbocycles. The highest BCUT2D eigenvalue weighted by atomic mass is 16.7. The minimum absolute atomic E-state index is 0.0721. The van der Waals surface area contributed by atoms with Crippen LogP contribution in [-0.4, -0.2) is 126 Å². The van der Waals surface area contributed by atoms with Crippen LogP contribution in [0.1, 0.15) is 0 Å². The van der Waals surface area contributed by atoms with Gasteiger partial charge in [-0.2, -0.15) is 0 Å². The van der Waals surface area contributed by atoms with Crippen molar-refractivity contribution in [3.8, 4) is 34.3 Å². The summed E-state index contributed by atoms with van der Waals surface area (Å²) < 4.78 is 27.7. The van der Waals surface area contributed by atoms with Gasteiger partial charge < -0.3 is 74.4 Å². The lowest BCUT2D eigenvalue weighted by atomic mass is 9.99. The van der Waals surface area contributed by atoms with Crippen LogP contribution in [0.15, 0.2) is 45.6 Å². The Morgan fingerprint density at radius 1 is 0.698 bits per heavy atom. The number of benzene rings is 2. The Kier molecular flexibility index (Phi) is 8.77. The molecule has 2 aliphatic heterocycles. The molecular formula is C27H30O16. The van der Waals surface area contributed by atoms with Gasteiger partial charge in [0, 0.05) is 17.7 Å². The molecule has 0 aliphatic carbocycles. The van der Waals surface area contributed by atoms with Gasteiger partial charge in [-0.3, -0.25) is 4.79 Å². The van der Waals surface area contributed by atoms with E-state index in [0.29, 0.717) is 0 Å². The van der Waals surface area contributed by atoms with Gasteiger partial charge in [-0.1, -0.05) is 0 Å². The first-order valence-corrected chi connectivity index (χ1v) is 13.0. The summed E-state index contributed by atoms with van der Waals surface area (Å²) in [6.45, 7) is -1.42. The van der Waals surface area contributed by atoms with Crippen LogP contribution in [0.3, 0.4) is 0 Å². The van der Waals surface area contributed by atoms with Crippen molar-refractivity contribution >= 4 is 11.0 Å². The lowest BCUT2D eigenvalue weighted by Gasteiger charge is -2.39. The van der Waals surface area contributed by atoms with Gasteiger partial charge in [0.15, 0.2) is 5.76 Å². The van der Waals surface area contributed by atoms with Gasteiger partial charge in [0.1, 0.15) is 77.0 Å². The normalized spacial score (nSPS) is 32.9. The molecule has 2 saturated heterocycles. The molecule has 0 spiro atoms. The van der Waals surface area contributed by atoms with Crippen LogP contribution in [0.5, 0.6) is 23.0 Å². The van der Waals surface area contributed by atoms with E-state index < -0.39 is 103 Å². The number of fused-ring (bicyclic) bond motifs is 1. The fourth-order valence-corrected chi connectivity index (χ4v) is 4.83. The van der Waals surface area contributed by atoms with E-state index in [0.717, 1.165) is 12.1 Å². The summed E-state index contributed by atoms with van der Waals surface area (Å²) in [5.74, 6) is -1.91. The van der Waals surface area contributed by atoms with Gasteiger partial charge in [0.05, 0.1) is 13.2 Å². The Labute approximate surface area is 241 Å². The molecule has 10 atom stereocenters. The second-order valence-corrected chi connectivity index (χ2v) is 10.1. The molecule has 0 unspecified atom stereocenters. The van der Waals surface area contributed by atoms with Crippen molar-refractivity contribution in [2.75, 3.05) is 13.2 Å². The summed E-state index contributed by atoms with van der Waals surface area (Å²) in [6.07, 6.45) is -16.2. The minimum atomic E-state index is -1.89. The van der Waals surface area contributed by atoms with E-state index in [1.807, 2.05) is 0 Å². The van der Waals surface area contributed by atoms with Crippen molar-refractivity contribution in [2.45, 2.75) is 61.4 Å². The zero-order valence-electron chi connectivity index (χ0n) is 22.1. The minimum Gasteiger partial charge on any atom is -0.508 e. The predicted octanol–water partition coefficient (Wildman–Crippen LogP) is -2.77. The van der Waals surface area contributed by atoms with Crippen LogP contribution >= 0.6 is 0 Å². The maximum absolute atomic E-state index is 13.6. The third-order valence-corrected chi connectivity index (χ3v) is 7.22. The highest BCUT2D eigenvalue weighted by Crippen LogP contribution is 2.38. The Morgan fingerprint density at radius 3 is 1.77 bits per heavy atom. The summed E-state index contributed by atoms with van der Waals surface area (Å²) >= 11 is 0. The molecule has 10 N–H and O–H groups in total. The number of rotatable bonds is 7. The van der Waals surface area contributed by atoms with Gasteiger partial charge in [0.2, 0.25) is 23.8 Å². The number of aliphatic hydroxyl groups excluding tert-OH is 8. The van der Waals surface area contributed by atoms with Crippen molar-refractivity contribution < 1.29 is 74.4 Å². The fourth-order valence-electron chi connectivity index (χ4n) is 4.83. The fraction of sp³-hybridized carbons (Fsp3) is 0.444. The quantitative estimate of drug-likeness (QED) is 0.130. The molecule has 234 valence electrons. The number of phenolic OH excluding ortho intramolecular Hbond substituents is 2. The predicted molar refractivity (Wildman–Crippen MR) is 140 cm³/mol. The van der Waals surface area contributed by atoms with Crippen molar-refractivity contribution in [1.82, 2.24) is 0 Å². The Morgan fingerprint density at radius 2 is 1.23 bits per heavy atom. The smallest absolute Gasteiger partial charge is 0.239 e. The van der Waals surface area contributed by atoms with E-state index in [9.17, 15) is 55.9 Å². The van der Waals surface area contributed by atoms with Crippen LogP contribution in [0.25, 0.3) is 22.3 Å². The van der Waals surface area contributed by atoms with Gasteiger partial charge >= 0.3 is 0 Å². The van der Waals surface area contributed by atoms with E-state index >= 15 is 0 Å². The van der Waals surface area contributed by atoms with Crippen molar-refractivity contribution in [1.29, 1.82) is 0 Å². The average Bonchev–Trinajstić information content (AvgIpc) is 2.98. The van der Waals surface area contributed by atoms with Gasteiger partial charge in [-0.25, -0.2) is 0 Å². The average molecular weight is 611 g/mol. The van der Waals surface area contributed by atoms with Crippen molar-refractivity contribution in [2.24, 2.45) is 0 Å². The van der Waals surface area contributed by atoms with Gasteiger partial charge in [-0.05, 0) is 24.3 Å². The van der Waals surface area contributed by atoms with E-state index in [4.69, 9.17) is 23.4 Å². The van der Waals surface area contributed by atoms with Gasteiger partial charge in [0.25, 0.3) is 0 Å². The first-order valence-electron chi connectivity index (χ1n) is 13.0. The standard InChI is InChI=1S/C27H30O16/c28-7-14-17(32)20(35)22(37)26(41-14)39-11-3-1-9(2-4-11)24-25(19(34)16-12(31)5-10(30)6-13(16)40-24)43-27-23(38)21(36)18(33)15(8-29)42-27/h1-6,14-15,17-18,20-23,26-33,35-38H,7-8H2/t14-,15-,17-,18-,20+,21+,22-,23-,26-,27+/m1/s1. The second-order valence-electron chi connectivity index (χ2n) is 10.1. The number of phenols is 2. The number of hydrogen-bond donors (Lipinski definition) is 10. The molecule has 3 heterocycles. The molecule has 0 saturated carbocycles. The molecule has 16 heteroatoms. The lowest BCUT2D eigenvalue weighted by Crippen LogP contribution is -2.60. The SMILES string of the molecule is O=c1c(O[C@@H]2O[C@H](CO)[C@@H](O)[C@H](O)[C@H]2O)c(-c2ccc(O[C@@H]3O[C@H](CO)[C@@H](O)[C@H](O)[C@H]3O)cc2)oc2cc(O)cc(O)c12. The molecule has 5 rings (SSSR count). The topological polar surface area (TPSA) is 269 Å². The summed E-state index contributed by atoms with van der Waals surface area (Å²) in [5, 5.41) is 99.7. The zero-order chi connectivity index (χ0) is 31.2. The molecular weight excluding hydrogens is 580 g/mol. The number of hydrogen-bond acceptors (Lipinski definition) is 16. The Bertz CT molecular complexity index is 1490. The molecule has 16 nitrogen and oxygen atoms in total. The van der Waals surface area contributed by atoms with Crippen LogP contribution in [0.4, 0.5) is 0 Å². The zero-order valence-corrected chi connectivity index (χ0v) is 22.1. The van der Waals surface area contributed by atoms with Crippen LogP contribution in [0.2, 0.25) is 0 Å². The molecule has 0 radical (unpaired) electrons. The Hall–Kier alpha value is -3.55. The molecule has 2 fully saturated rings. The van der Waals surface area contributed by atoms with Crippen LogP contribution < -0.4 is 14.9 Å². The van der Waals surface area contributed by atoms with E-state index in [1.54, 1.807) is 0 Å². The highest BCUT2D eigenvalue weighted by molar-refractivity contribution is 5.88.